The Kier molecular flexibility index (Phi) is 7.27. The van der Waals surface area contributed by atoms with Crippen molar-refractivity contribution < 1.29 is 18.3 Å². The highest BCUT2D eigenvalue weighted by molar-refractivity contribution is 7.90. The van der Waals surface area contributed by atoms with E-state index in [2.05, 4.69) is 30.7 Å². The van der Waals surface area contributed by atoms with Crippen LogP contribution in [0.1, 0.15) is 32.3 Å². The SMILES string of the molecule is CC(C)Nc1cc(Nc2ccnc(-c3cnn(S(=O)(=O)C4CC4)c3)n2)ncc1C(=N)N1CCOC(CO)C1. The monoisotopic (exact) mass is 541 g/mol. The predicted molar refractivity (Wildman–Crippen MR) is 142 cm³/mol. The highest BCUT2D eigenvalue weighted by atomic mass is 32.2. The van der Waals surface area contributed by atoms with E-state index in [1.54, 1.807) is 18.5 Å². The lowest BCUT2D eigenvalue weighted by Gasteiger charge is -2.34. The molecule has 0 aromatic carbocycles. The predicted octanol–water partition coefficient (Wildman–Crippen LogP) is 1.66. The van der Waals surface area contributed by atoms with Crippen LogP contribution in [0.25, 0.3) is 11.4 Å². The molecule has 4 heterocycles. The van der Waals surface area contributed by atoms with E-state index in [9.17, 15) is 13.5 Å². The van der Waals surface area contributed by atoms with Crippen LogP contribution in [0, 0.1) is 5.41 Å². The van der Waals surface area contributed by atoms with Crippen molar-refractivity contribution in [1.29, 1.82) is 5.41 Å². The number of rotatable bonds is 9. The minimum atomic E-state index is -3.47. The molecule has 13 nitrogen and oxygen atoms in total. The molecule has 4 N–H and O–H groups in total. The molecule has 1 aliphatic heterocycles. The van der Waals surface area contributed by atoms with Crippen molar-refractivity contribution in [2.45, 2.75) is 44.1 Å². The van der Waals surface area contributed by atoms with Crippen molar-refractivity contribution in [3.05, 3.63) is 42.5 Å². The molecule has 2 aliphatic rings. The highest BCUT2D eigenvalue weighted by Gasteiger charge is 2.37. The zero-order valence-electron chi connectivity index (χ0n) is 21.2. The van der Waals surface area contributed by atoms with Gasteiger partial charge in [0.05, 0.1) is 53.8 Å². The van der Waals surface area contributed by atoms with Crippen LogP contribution in [0.2, 0.25) is 0 Å². The second kappa shape index (κ2) is 10.6. The summed E-state index contributed by atoms with van der Waals surface area (Å²) >= 11 is 0. The van der Waals surface area contributed by atoms with Gasteiger partial charge in [-0.2, -0.15) is 9.19 Å². The van der Waals surface area contributed by atoms with Gasteiger partial charge in [-0.05, 0) is 32.8 Å². The Morgan fingerprint density at radius 3 is 2.82 bits per heavy atom. The standard InChI is InChI=1S/C24H31N9O4S/c1-15(2)29-20-9-22(27-11-19(20)23(25)32-7-8-37-17(13-32)14-34)30-21-5-6-26-24(31-21)16-10-28-33(12-16)38(35,36)18-3-4-18/h5-6,9-12,15,17-18,25,34H,3-4,7-8,13-14H2,1-2H3,(H2,26,27,29,30,31). The summed E-state index contributed by atoms with van der Waals surface area (Å²) in [5.74, 6) is 1.61. The molecule has 1 atom stereocenters. The number of aliphatic hydroxyl groups is 1. The molecule has 0 spiro atoms. The van der Waals surface area contributed by atoms with Crippen LogP contribution in [0.15, 0.2) is 36.9 Å². The lowest BCUT2D eigenvalue weighted by Crippen LogP contribution is -2.47. The first kappa shape index (κ1) is 26.0. The molecule has 1 saturated carbocycles. The van der Waals surface area contributed by atoms with Crippen molar-refractivity contribution in [3.8, 4) is 11.4 Å². The quantitative estimate of drug-likeness (QED) is 0.229. The largest absolute Gasteiger partial charge is 0.394 e. The lowest BCUT2D eigenvalue weighted by molar-refractivity contribution is -0.0341. The summed E-state index contributed by atoms with van der Waals surface area (Å²) in [5.41, 5.74) is 1.86. The Labute approximate surface area is 220 Å². The number of hydrogen-bond acceptors (Lipinski definition) is 11. The summed E-state index contributed by atoms with van der Waals surface area (Å²) in [6, 6.07) is 3.61. The molecule has 2 fully saturated rings. The summed E-state index contributed by atoms with van der Waals surface area (Å²) in [6.07, 6.45) is 7.06. The van der Waals surface area contributed by atoms with Crippen molar-refractivity contribution in [3.63, 3.8) is 0 Å². The highest BCUT2D eigenvalue weighted by Crippen LogP contribution is 2.30. The zero-order chi connectivity index (χ0) is 26.9. The van der Waals surface area contributed by atoms with Gasteiger partial charge >= 0.3 is 0 Å². The fraction of sp³-hybridized carbons (Fsp3) is 0.458. The second-order valence-corrected chi connectivity index (χ2v) is 11.7. The van der Waals surface area contributed by atoms with Gasteiger partial charge in [0.25, 0.3) is 10.0 Å². The third-order valence-corrected chi connectivity index (χ3v) is 8.23. The Hall–Kier alpha value is -3.62. The van der Waals surface area contributed by atoms with Gasteiger partial charge in [-0.25, -0.2) is 23.4 Å². The maximum atomic E-state index is 12.5. The van der Waals surface area contributed by atoms with Crippen molar-refractivity contribution in [2.75, 3.05) is 36.9 Å². The van der Waals surface area contributed by atoms with Gasteiger partial charge in [-0.3, -0.25) is 5.41 Å². The summed E-state index contributed by atoms with van der Waals surface area (Å²) in [6.45, 7) is 5.35. The minimum absolute atomic E-state index is 0.0972. The van der Waals surface area contributed by atoms with Gasteiger partial charge in [0.15, 0.2) is 5.82 Å². The van der Waals surface area contributed by atoms with E-state index in [0.717, 1.165) is 9.77 Å². The molecule has 5 rings (SSSR count). The topological polar surface area (TPSA) is 171 Å². The maximum Gasteiger partial charge on any atom is 0.256 e. The number of nitrogens with zero attached hydrogens (tertiary/aromatic N) is 6. The number of ether oxygens (including phenoxy) is 1. The van der Waals surface area contributed by atoms with Crippen LogP contribution < -0.4 is 10.6 Å². The van der Waals surface area contributed by atoms with E-state index in [4.69, 9.17) is 10.1 Å². The molecular formula is C24H31N9O4S. The fourth-order valence-corrected chi connectivity index (χ4v) is 5.60. The number of anilines is 3. The average Bonchev–Trinajstić information content (AvgIpc) is 3.65. The Morgan fingerprint density at radius 2 is 2.08 bits per heavy atom. The van der Waals surface area contributed by atoms with Crippen LogP contribution in [-0.2, 0) is 14.8 Å². The van der Waals surface area contributed by atoms with Gasteiger partial charge in [0, 0.05) is 37.6 Å². The number of nitrogens with one attached hydrogen (secondary N) is 3. The fourth-order valence-electron chi connectivity index (χ4n) is 4.12. The number of morpholine rings is 1. The molecule has 0 bridgehead atoms. The van der Waals surface area contributed by atoms with Crippen LogP contribution in [0.3, 0.4) is 0 Å². The molecule has 3 aromatic heterocycles. The molecule has 0 radical (unpaired) electrons. The molecular weight excluding hydrogens is 510 g/mol. The molecule has 38 heavy (non-hydrogen) atoms. The number of hydrogen-bond donors (Lipinski definition) is 4. The van der Waals surface area contributed by atoms with Crippen LogP contribution >= 0.6 is 0 Å². The van der Waals surface area contributed by atoms with Gasteiger partial charge in [0.1, 0.15) is 17.5 Å². The Balaban J connectivity index is 1.36. The van der Waals surface area contributed by atoms with E-state index in [-0.39, 0.29) is 24.0 Å². The van der Waals surface area contributed by atoms with Crippen LogP contribution in [-0.4, -0.2) is 92.1 Å². The van der Waals surface area contributed by atoms with Crippen molar-refractivity contribution >= 4 is 33.2 Å². The van der Waals surface area contributed by atoms with Crippen molar-refractivity contribution in [1.82, 2.24) is 29.0 Å². The summed E-state index contributed by atoms with van der Waals surface area (Å²) in [5, 5.41) is 28.5. The number of pyridine rings is 1. The van der Waals surface area contributed by atoms with Gasteiger partial charge in [-0.1, -0.05) is 0 Å². The van der Waals surface area contributed by atoms with E-state index >= 15 is 0 Å². The number of aromatic nitrogens is 5. The third kappa shape index (κ3) is 5.61. The van der Waals surface area contributed by atoms with E-state index in [1.165, 1.54) is 12.4 Å². The normalized spacial score (nSPS) is 18.0. The number of aliphatic hydroxyl groups excluding tert-OH is 1. The van der Waals surface area contributed by atoms with Gasteiger partial charge < -0.3 is 25.4 Å². The van der Waals surface area contributed by atoms with Crippen LogP contribution in [0.5, 0.6) is 0 Å². The molecule has 14 heteroatoms. The first-order valence-electron chi connectivity index (χ1n) is 12.5. The lowest BCUT2D eigenvalue weighted by atomic mass is 10.1. The Morgan fingerprint density at radius 1 is 1.26 bits per heavy atom. The molecule has 0 amide bonds. The summed E-state index contributed by atoms with van der Waals surface area (Å²) in [4.78, 5) is 15.2. The zero-order valence-corrected chi connectivity index (χ0v) is 22.0. The van der Waals surface area contributed by atoms with Crippen molar-refractivity contribution in [2.24, 2.45) is 0 Å². The smallest absolute Gasteiger partial charge is 0.256 e. The molecule has 1 unspecified atom stereocenters. The number of amidine groups is 1. The van der Waals surface area contributed by atoms with E-state index in [1.807, 2.05) is 24.8 Å². The summed E-state index contributed by atoms with van der Waals surface area (Å²) in [7, 11) is -3.47. The molecule has 202 valence electrons. The van der Waals surface area contributed by atoms with Gasteiger partial charge in [0.2, 0.25) is 0 Å². The molecule has 3 aromatic rings. The van der Waals surface area contributed by atoms with E-state index in [0.29, 0.717) is 67.0 Å². The average molecular weight is 542 g/mol. The maximum absolute atomic E-state index is 12.5. The summed E-state index contributed by atoms with van der Waals surface area (Å²) < 4.78 is 31.4. The van der Waals surface area contributed by atoms with E-state index < -0.39 is 10.0 Å². The molecule has 1 saturated heterocycles. The van der Waals surface area contributed by atoms with Crippen LogP contribution in [0.4, 0.5) is 17.3 Å². The first-order valence-corrected chi connectivity index (χ1v) is 14.0. The molecule has 1 aliphatic carbocycles. The second-order valence-electron chi connectivity index (χ2n) is 9.62. The first-order chi connectivity index (χ1) is 18.2. The minimum Gasteiger partial charge on any atom is -0.394 e. The Bertz CT molecular complexity index is 1420. The third-order valence-electron chi connectivity index (χ3n) is 6.20. The van der Waals surface area contributed by atoms with Gasteiger partial charge in [-0.15, -0.1) is 0 Å².